The first-order valence-electron chi connectivity index (χ1n) is 10.9. The molecule has 1 aromatic rings. The highest BCUT2D eigenvalue weighted by Crippen LogP contribution is 2.40. The Bertz CT molecular complexity index is 981. The van der Waals surface area contributed by atoms with Crippen molar-refractivity contribution in [2.75, 3.05) is 45.2 Å². The van der Waals surface area contributed by atoms with Crippen molar-refractivity contribution in [2.45, 2.75) is 17.5 Å². The number of nitrogens with one attached hydrogen (secondary N) is 1. The molecular formula is C22H26N4O7S. The van der Waals surface area contributed by atoms with Gasteiger partial charge in [0.15, 0.2) is 6.10 Å². The van der Waals surface area contributed by atoms with E-state index in [0.717, 1.165) is 18.0 Å². The van der Waals surface area contributed by atoms with Crippen LogP contribution in [0.25, 0.3) is 0 Å². The highest BCUT2D eigenvalue weighted by molar-refractivity contribution is 8.00. The zero-order valence-corrected chi connectivity index (χ0v) is 19.1. The summed E-state index contributed by atoms with van der Waals surface area (Å²) in [5, 5.41) is 25.8. The number of β-lactam (4-membered cyclic amide) rings is 1. The molecule has 3 aliphatic heterocycles. The number of carboxylic acids is 1. The molecule has 12 heteroatoms. The van der Waals surface area contributed by atoms with Crippen LogP contribution >= 0.6 is 11.8 Å². The van der Waals surface area contributed by atoms with Gasteiger partial charge in [0.25, 0.3) is 11.8 Å². The third-order valence-electron chi connectivity index (χ3n) is 5.75. The summed E-state index contributed by atoms with van der Waals surface area (Å²) in [6.07, 6.45) is -0.104. The van der Waals surface area contributed by atoms with Gasteiger partial charge in [0, 0.05) is 31.0 Å². The van der Waals surface area contributed by atoms with Crippen molar-refractivity contribution in [1.29, 1.82) is 0 Å². The number of carboxylic acid groups (broad SMARTS) is 1. The van der Waals surface area contributed by atoms with Gasteiger partial charge in [0.1, 0.15) is 23.7 Å². The van der Waals surface area contributed by atoms with E-state index in [2.05, 4.69) is 15.4 Å². The molecule has 34 heavy (non-hydrogen) atoms. The minimum absolute atomic E-state index is 0.177. The molecule has 182 valence electrons. The first kappa shape index (κ1) is 24.2. The fourth-order valence-electron chi connectivity index (χ4n) is 3.91. The number of rotatable bonds is 9. The Morgan fingerprint density at radius 2 is 2.03 bits per heavy atom. The predicted octanol–water partition coefficient (Wildman–Crippen LogP) is -0.207. The number of oxime groups is 1. The van der Waals surface area contributed by atoms with Gasteiger partial charge in [-0.25, -0.2) is 4.79 Å². The molecule has 2 saturated heterocycles. The average molecular weight is 491 g/mol. The van der Waals surface area contributed by atoms with E-state index in [4.69, 9.17) is 9.57 Å². The minimum Gasteiger partial charge on any atom is -0.477 e. The third kappa shape index (κ3) is 5.25. The summed E-state index contributed by atoms with van der Waals surface area (Å²) in [6, 6.07) is 7.43. The normalized spacial score (nSPS) is 23.9. The summed E-state index contributed by atoms with van der Waals surface area (Å²) < 4.78 is 5.29. The number of carbonyl (C=O) groups excluding carboxylic acids is 2. The number of thioether (sulfide) groups is 1. The summed E-state index contributed by atoms with van der Waals surface area (Å²) in [6.45, 7) is 4.07. The van der Waals surface area contributed by atoms with E-state index < -0.39 is 35.3 Å². The van der Waals surface area contributed by atoms with Crippen molar-refractivity contribution in [3.8, 4) is 0 Å². The molecule has 0 aromatic heterocycles. The van der Waals surface area contributed by atoms with Crippen LogP contribution in [0.15, 0.2) is 46.8 Å². The summed E-state index contributed by atoms with van der Waals surface area (Å²) in [5.41, 5.74) is 0.573. The average Bonchev–Trinajstić information content (AvgIpc) is 2.87. The van der Waals surface area contributed by atoms with Gasteiger partial charge in [0.2, 0.25) is 0 Å². The Morgan fingerprint density at radius 3 is 2.74 bits per heavy atom. The smallest absolute Gasteiger partial charge is 0.353 e. The maximum absolute atomic E-state index is 12.7. The van der Waals surface area contributed by atoms with Gasteiger partial charge in [-0.1, -0.05) is 35.5 Å². The molecule has 2 fully saturated rings. The van der Waals surface area contributed by atoms with Crippen molar-refractivity contribution in [1.82, 2.24) is 15.1 Å². The van der Waals surface area contributed by atoms with Crippen molar-refractivity contribution in [2.24, 2.45) is 5.16 Å². The number of aliphatic carboxylic acids is 1. The van der Waals surface area contributed by atoms with Gasteiger partial charge in [-0.3, -0.25) is 19.4 Å². The van der Waals surface area contributed by atoms with Crippen LogP contribution in [0, 0.1) is 0 Å². The van der Waals surface area contributed by atoms with Gasteiger partial charge < -0.3 is 25.1 Å². The van der Waals surface area contributed by atoms with Crippen LogP contribution in [-0.4, -0.2) is 101 Å². The Hall–Kier alpha value is -2.93. The lowest BCUT2D eigenvalue weighted by Gasteiger charge is -2.49. The quantitative estimate of drug-likeness (QED) is 0.186. The van der Waals surface area contributed by atoms with Crippen LogP contribution in [-0.2, 0) is 24.0 Å². The number of benzene rings is 1. The van der Waals surface area contributed by atoms with Crippen LogP contribution in [0.5, 0.6) is 0 Å². The second-order valence-corrected chi connectivity index (χ2v) is 9.02. The number of amides is 2. The van der Waals surface area contributed by atoms with E-state index in [1.54, 1.807) is 30.3 Å². The Kier molecular flexibility index (Phi) is 7.83. The number of aliphatic hydroxyl groups excluding tert-OH is 1. The van der Waals surface area contributed by atoms with Crippen LogP contribution in [0.2, 0.25) is 0 Å². The molecule has 3 N–H and O–H groups in total. The summed E-state index contributed by atoms with van der Waals surface area (Å²) in [4.78, 5) is 45.7. The number of hydrogen-bond donors (Lipinski definition) is 3. The molecule has 4 rings (SSSR count). The lowest BCUT2D eigenvalue weighted by molar-refractivity contribution is -0.151. The van der Waals surface area contributed by atoms with Crippen LogP contribution < -0.4 is 5.32 Å². The minimum atomic E-state index is -1.43. The molecule has 0 spiro atoms. The monoisotopic (exact) mass is 490 g/mol. The first-order valence-corrected chi connectivity index (χ1v) is 11.9. The zero-order chi connectivity index (χ0) is 24.1. The summed E-state index contributed by atoms with van der Waals surface area (Å²) in [5.74, 6) is -2.25. The molecule has 2 amide bonds. The zero-order valence-electron chi connectivity index (χ0n) is 18.3. The third-order valence-corrected chi connectivity index (χ3v) is 7.05. The molecule has 1 unspecified atom stereocenters. The Labute approximate surface area is 200 Å². The summed E-state index contributed by atoms with van der Waals surface area (Å²) in [7, 11) is 0. The van der Waals surface area contributed by atoms with E-state index in [0.29, 0.717) is 37.5 Å². The Balaban J connectivity index is 1.35. The molecular weight excluding hydrogens is 464 g/mol. The van der Waals surface area contributed by atoms with Gasteiger partial charge in [-0.2, -0.15) is 0 Å². The second-order valence-electron chi connectivity index (χ2n) is 7.91. The molecule has 0 saturated carbocycles. The largest absolute Gasteiger partial charge is 0.477 e. The van der Waals surface area contributed by atoms with Gasteiger partial charge >= 0.3 is 5.97 Å². The lowest BCUT2D eigenvalue weighted by Crippen LogP contribution is -2.70. The van der Waals surface area contributed by atoms with Crippen molar-refractivity contribution < 1.29 is 34.2 Å². The van der Waals surface area contributed by atoms with Crippen molar-refractivity contribution >= 4 is 35.8 Å². The van der Waals surface area contributed by atoms with Gasteiger partial charge in [-0.15, -0.1) is 11.8 Å². The van der Waals surface area contributed by atoms with Gasteiger partial charge in [-0.05, 0) is 5.56 Å². The van der Waals surface area contributed by atoms with Crippen LogP contribution in [0.4, 0.5) is 0 Å². The molecule has 3 atom stereocenters. The van der Waals surface area contributed by atoms with E-state index >= 15 is 0 Å². The number of fused-ring (bicyclic) bond motifs is 1. The topological polar surface area (TPSA) is 141 Å². The van der Waals surface area contributed by atoms with Crippen LogP contribution in [0.1, 0.15) is 11.7 Å². The molecule has 1 aromatic carbocycles. The number of aliphatic hydroxyl groups is 1. The molecule has 0 aliphatic carbocycles. The van der Waals surface area contributed by atoms with E-state index in [-0.39, 0.29) is 11.4 Å². The van der Waals surface area contributed by atoms with E-state index in [9.17, 15) is 24.6 Å². The molecule has 3 heterocycles. The second kappa shape index (κ2) is 11.0. The standard InChI is InChI=1S/C22H26N4O7S/c27-18(14-4-2-1-3-5-14)19(28)24-16-20(29)26-17(22(30)31)15(13-34-21(16)26)12-23-33-11-8-25-6-9-32-10-7-25/h1-5,12,16,18,21,27H,6-11,13H2,(H,24,28)(H,30,31)/t16-,18?,21+/m1/s1. The molecule has 3 aliphatic rings. The van der Waals surface area contributed by atoms with E-state index in [1.807, 2.05) is 0 Å². The van der Waals surface area contributed by atoms with Crippen molar-refractivity contribution in [3.05, 3.63) is 47.2 Å². The van der Waals surface area contributed by atoms with Gasteiger partial charge in [0.05, 0.1) is 19.4 Å². The number of nitrogens with zero attached hydrogens (tertiary/aromatic N) is 3. The first-order chi connectivity index (χ1) is 16.5. The number of carbonyl (C=O) groups is 3. The number of morpholine rings is 1. The molecule has 11 nitrogen and oxygen atoms in total. The fraction of sp³-hybridized carbons (Fsp3) is 0.455. The maximum Gasteiger partial charge on any atom is 0.353 e. The van der Waals surface area contributed by atoms with Crippen LogP contribution in [0.3, 0.4) is 0 Å². The van der Waals surface area contributed by atoms with Crippen molar-refractivity contribution in [3.63, 3.8) is 0 Å². The summed E-state index contributed by atoms with van der Waals surface area (Å²) >= 11 is 1.31. The lowest BCUT2D eigenvalue weighted by atomic mass is 10.0. The predicted molar refractivity (Wildman–Crippen MR) is 123 cm³/mol. The maximum atomic E-state index is 12.7. The SMILES string of the molecule is O=C(O)C1=C(C=NOCCN2CCOCC2)CS[C@H]2[C@H](NC(=O)C(O)c3ccccc3)C(=O)N12. The highest BCUT2D eigenvalue weighted by atomic mass is 32.2. The number of hydrogen-bond acceptors (Lipinski definition) is 9. The molecule has 0 bridgehead atoms. The molecule has 0 radical (unpaired) electrons. The number of ether oxygens (including phenoxy) is 1. The van der Waals surface area contributed by atoms with E-state index in [1.165, 1.54) is 18.0 Å². The Morgan fingerprint density at radius 1 is 1.29 bits per heavy atom. The highest BCUT2D eigenvalue weighted by Gasteiger charge is 2.54. The fourth-order valence-corrected chi connectivity index (χ4v) is 5.21.